The topological polar surface area (TPSA) is 108 Å². The van der Waals surface area contributed by atoms with Gasteiger partial charge in [0.15, 0.2) is 17.3 Å². The second-order valence-electron chi connectivity index (χ2n) is 6.89. The molecular formula is C21H22N6OS. The molecule has 5 N–H and O–H groups in total. The van der Waals surface area contributed by atoms with E-state index in [2.05, 4.69) is 25.6 Å². The molecule has 3 aromatic rings. The van der Waals surface area contributed by atoms with Gasteiger partial charge in [-0.15, -0.1) is 0 Å². The Balaban J connectivity index is 1.46. The summed E-state index contributed by atoms with van der Waals surface area (Å²) in [6.45, 7) is 3.97. The molecule has 0 unspecified atom stereocenters. The third-order valence-electron chi connectivity index (χ3n) is 4.64. The molecule has 1 aliphatic rings. The summed E-state index contributed by atoms with van der Waals surface area (Å²) in [6, 6.07) is 14.0. The molecule has 0 saturated carbocycles. The number of aromatic nitrogens is 1. The highest BCUT2D eigenvalue weighted by Gasteiger charge is 2.20. The lowest BCUT2D eigenvalue weighted by Crippen LogP contribution is -2.39. The summed E-state index contributed by atoms with van der Waals surface area (Å²) in [7, 11) is 0. The number of rotatable bonds is 4. The standard InChI is InChI=1S/C21H22N6OS/c1-12-7-8-13(2)17(9-12)24-18(28)11-29-21-26-19(25-20(22)27-21)15-10-23-16-6-4-3-5-14(15)16/h3-10,19,23H,11H2,1-2H3,(H,24,28)(H3,22,25,26,27)/t19-/m0/s1. The minimum Gasteiger partial charge on any atom is -0.370 e. The Bertz CT molecular complexity index is 1130. The van der Waals surface area contributed by atoms with E-state index >= 15 is 0 Å². The number of carbonyl (C=O) groups excluding carboxylic acids is 1. The quantitative estimate of drug-likeness (QED) is 0.532. The molecular weight excluding hydrogens is 384 g/mol. The number of H-pyrrole nitrogens is 1. The van der Waals surface area contributed by atoms with Crippen LogP contribution in [0.4, 0.5) is 5.69 Å². The number of fused-ring (bicyclic) bond motifs is 1. The number of amides is 1. The minimum absolute atomic E-state index is 0.0991. The van der Waals surface area contributed by atoms with E-state index in [1.54, 1.807) is 0 Å². The number of nitrogens with zero attached hydrogens (tertiary/aromatic N) is 2. The van der Waals surface area contributed by atoms with Crippen LogP contribution in [-0.4, -0.2) is 27.8 Å². The normalized spacial score (nSPS) is 16.1. The third-order valence-corrected chi connectivity index (χ3v) is 5.53. The van der Waals surface area contributed by atoms with Crippen LogP contribution in [0.15, 0.2) is 58.6 Å². The lowest BCUT2D eigenvalue weighted by Gasteiger charge is -2.18. The van der Waals surface area contributed by atoms with Crippen molar-refractivity contribution in [3.63, 3.8) is 0 Å². The van der Waals surface area contributed by atoms with Crippen molar-refractivity contribution in [2.75, 3.05) is 11.1 Å². The molecule has 0 radical (unpaired) electrons. The maximum atomic E-state index is 12.4. The number of carbonyl (C=O) groups is 1. The second kappa shape index (κ2) is 8.00. The van der Waals surface area contributed by atoms with E-state index in [-0.39, 0.29) is 17.6 Å². The molecule has 1 aromatic heterocycles. The highest BCUT2D eigenvalue weighted by molar-refractivity contribution is 8.14. The van der Waals surface area contributed by atoms with Gasteiger partial charge >= 0.3 is 0 Å². The van der Waals surface area contributed by atoms with Crippen molar-refractivity contribution in [3.05, 3.63) is 65.4 Å². The minimum atomic E-state index is -0.447. The van der Waals surface area contributed by atoms with Gasteiger partial charge in [0.25, 0.3) is 0 Å². The molecule has 7 nitrogen and oxygen atoms in total. The van der Waals surface area contributed by atoms with Gasteiger partial charge in [-0.3, -0.25) is 4.79 Å². The predicted octanol–water partition coefficient (Wildman–Crippen LogP) is 3.43. The number of nitrogens with two attached hydrogens (primary N) is 1. The molecule has 2 aromatic carbocycles. The van der Waals surface area contributed by atoms with Crippen LogP contribution in [0.2, 0.25) is 0 Å². The molecule has 8 heteroatoms. The maximum absolute atomic E-state index is 12.4. The number of amidine groups is 1. The van der Waals surface area contributed by atoms with E-state index in [0.717, 1.165) is 33.3 Å². The van der Waals surface area contributed by atoms with Crippen LogP contribution in [-0.2, 0) is 4.79 Å². The first kappa shape index (κ1) is 19.1. The predicted molar refractivity (Wildman–Crippen MR) is 120 cm³/mol. The summed E-state index contributed by atoms with van der Waals surface area (Å²) in [5.41, 5.74) is 10.9. The molecule has 0 spiro atoms. The van der Waals surface area contributed by atoms with Crippen molar-refractivity contribution in [3.8, 4) is 0 Å². The van der Waals surface area contributed by atoms with Crippen LogP contribution in [0, 0.1) is 13.8 Å². The monoisotopic (exact) mass is 406 g/mol. The number of thioether (sulfide) groups is 1. The molecule has 1 aliphatic heterocycles. The zero-order valence-corrected chi connectivity index (χ0v) is 17.0. The molecule has 0 fully saturated rings. The number of hydrogen-bond acceptors (Lipinski definition) is 6. The Morgan fingerprint density at radius 1 is 1.21 bits per heavy atom. The number of aryl methyl sites for hydroxylation is 2. The Hall–Kier alpha value is -3.26. The van der Waals surface area contributed by atoms with Gasteiger partial charge in [-0.05, 0) is 37.1 Å². The number of anilines is 1. The summed E-state index contributed by atoms with van der Waals surface area (Å²) in [6.07, 6.45) is 1.45. The molecule has 1 atom stereocenters. The Kier molecular flexibility index (Phi) is 5.26. The number of para-hydroxylation sites is 1. The number of nitrogens with one attached hydrogen (secondary N) is 3. The third kappa shape index (κ3) is 4.27. The Morgan fingerprint density at radius 3 is 2.90 bits per heavy atom. The summed E-state index contributed by atoms with van der Waals surface area (Å²) >= 11 is 1.30. The Labute approximate surface area is 172 Å². The molecule has 1 amide bonds. The molecule has 4 rings (SSSR count). The lowest BCUT2D eigenvalue weighted by molar-refractivity contribution is -0.113. The molecule has 0 saturated heterocycles. The highest BCUT2D eigenvalue weighted by atomic mass is 32.2. The second-order valence-corrected chi connectivity index (χ2v) is 7.86. The number of hydrogen-bond donors (Lipinski definition) is 4. The number of aromatic amines is 1. The van der Waals surface area contributed by atoms with Gasteiger partial charge in [-0.2, -0.15) is 0 Å². The van der Waals surface area contributed by atoms with Crippen molar-refractivity contribution >= 4 is 45.4 Å². The number of benzene rings is 2. The van der Waals surface area contributed by atoms with Crippen molar-refractivity contribution in [1.82, 2.24) is 10.3 Å². The SMILES string of the molecule is Cc1ccc(C)c(NC(=O)CSC2=N[C@@H](c3c[nH]c4ccccc34)N=C(N)N2)c1. The lowest BCUT2D eigenvalue weighted by atomic mass is 10.1. The van der Waals surface area contributed by atoms with E-state index < -0.39 is 6.17 Å². The molecule has 29 heavy (non-hydrogen) atoms. The van der Waals surface area contributed by atoms with Gasteiger partial charge in [-0.1, -0.05) is 42.1 Å². The molecule has 0 bridgehead atoms. The van der Waals surface area contributed by atoms with Gasteiger partial charge in [-0.25, -0.2) is 9.98 Å². The van der Waals surface area contributed by atoms with Gasteiger partial charge in [0.2, 0.25) is 5.91 Å². The molecule has 2 heterocycles. The first-order valence-electron chi connectivity index (χ1n) is 9.23. The summed E-state index contributed by atoms with van der Waals surface area (Å²) in [5, 5.41) is 7.53. The van der Waals surface area contributed by atoms with Crippen LogP contribution in [0.1, 0.15) is 22.9 Å². The largest absolute Gasteiger partial charge is 0.370 e. The van der Waals surface area contributed by atoms with E-state index in [4.69, 9.17) is 5.73 Å². The number of aliphatic imine (C=N–C) groups is 2. The van der Waals surface area contributed by atoms with Crippen LogP contribution in [0.25, 0.3) is 10.9 Å². The van der Waals surface area contributed by atoms with Crippen molar-refractivity contribution < 1.29 is 4.79 Å². The smallest absolute Gasteiger partial charge is 0.234 e. The van der Waals surface area contributed by atoms with Crippen LogP contribution in [0.5, 0.6) is 0 Å². The van der Waals surface area contributed by atoms with Crippen molar-refractivity contribution in [1.29, 1.82) is 0 Å². The average molecular weight is 407 g/mol. The van der Waals surface area contributed by atoms with E-state index in [1.807, 2.05) is 62.5 Å². The first-order chi connectivity index (χ1) is 14.0. The van der Waals surface area contributed by atoms with Gasteiger partial charge in [0.1, 0.15) is 0 Å². The summed E-state index contributed by atoms with van der Waals surface area (Å²) in [4.78, 5) is 24.7. The van der Waals surface area contributed by atoms with Crippen LogP contribution >= 0.6 is 11.8 Å². The molecule has 148 valence electrons. The highest BCUT2D eigenvalue weighted by Crippen LogP contribution is 2.29. The first-order valence-corrected chi connectivity index (χ1v) is 10.2. The van der Waals surface area contributed by atoms with Gasteiger partial charge < -0.3 is 21.4 Å². The van der Waals surface area contributed by atoms with E-state index in [0.29, 0.717) is 5.17 Å². The van der Waals surface area contributed by atoms with E-state index in [9.17, 15) is 4.79 Å². The van der Waals surface area contributed by atoms with Gasteiger partial charge in [0, 0.05) is 28.4 Å². The van der Waals surface area contributed by atoms with Crippen molar-refractivity contribution in [2.45, 2.75) is 20.0 Å². The molecule has 0 aliphatic carbocycles. The maximum Gasteiger partial charge on any atom is 0.234 e. The van der Waals surface area contributed by atoms with E-state index in [1.165, 1.54) is 11.8 Å². The zero-order chi connectivity index (χ0) is 20.4. The Morgan fingerprint density at radius 2 is 2.03 bits per heavy atom. The fraction of sp³-hybridized carbons (Fsp3) is 0.190. The number of guanidine groups is 1. The van der Waals surface area contributed by atoms with Crippen molar-refractivity contribution in [2.24, 2.45) is 15.7 Å². The summed E-state index contributed by atoms with van der Waals surface area (Å²) in [5.74, 6) is 0.401. The van der Waals surface area contributed by atoms with Crippen LogP contribution < -0.4 is 16.4 Å². The van der Waals surface area contributed by atoms with Crippen LogP contribution in [0.3, 0.4) is 0 Å². The van der Waals surface area contributed by atoms with Gasteiger partial charge in [0.05, 0.1) is 5.75 Å². The fourth-order valence-corrected chi connectivity index (χ4v) is 3.85. The zero-order valence-electron chi connectivity index (χ0n) is 16.2. The fourth-order valence-electron chi connectivity index (χ4n) is 3.16. The summed E-state index contributed by atoms with van der Waals surface area (Å²) < 4.78 is 0. The average Bonchev–Trinajstić information content (AvgIpc) is 3.13.